The standard InChI is InChI=1S/C27H41NO2/c1-15-11-25(30)26(28-14-15)17(3)20-7-8-21-22-6-5-18-12-19(29)9-10-27(18,4)24(22)13-23(21)16(20)2/h5,7,15,17,19,21-22,24-26,28-30H,6,8-14H2,1-4H3/t15-,17-,19-,21-,22-,24-,25+,26-,27-/m0/s1. The first-order chi connectivity index (χ1) is 14.3. The molecule has 9 atom stereocenters. The molecule has 5 aliphatic rings. The van der Waals surface area contributed by atoms with E-state index >= 15 is 0 Å². The van der Waals surface area contributed by atoms with E-state index in [2.05, 4.69) is 45.2 Å². The van der Waals surface area contributed by atoms with Crippen LogP contribution in [0, 0.1) is 35.0 Å². The first-order valence-electron chi connectivity index (χ1n) is 12.5. The topological polar surface area (TPSA) is 52.5 Å². The van der Waals surface area contributed by atoms with Crippen molar-refractivity contribution in [3.05, 3.63) is 34.4 Å². The Morgan fingerprint density at radius 2 is 1.97 bits per heavy atom. The third-order valence-corrected chi connectivity index (χ3v) is 9.86. The molecule has 2 saturated carbocycles. The summed E-state index contributed by atoms with van der Waals surface area (Å²) in [6, 6.07) is 0.175. The summed E-state index contributed by atoms with van der Waals surface area (Å²) in [7, 11) is 0. The molecule has 3 N–H and O–H groups in total. The summed E-state index contributed by atoms with van der Waals surface area (Å²) < 4.78 is 0. The molecular weight excluding hydrogens is 370 g/mol. The third-order valence-electron chi connectivity index (χ3n) is 9.86. The van der Waals surface area contributed by atoms with Crippen molar-refractivity contribution in [3.63, 3.8) is 0 Å². The second-order valence-corrected chi connectivity index (χ2v) is 11.5. The van der Waals surface area contributed by atoms with Crippen LogP contribution >= 0.6 is 0 Å². The molecule has 0 spiro atoms. The number of piperidine rings is 1. The van der Waals surface area contributed by atoms with Crippen LogP contribution in [0.25, 0.3) is 0 Å². The van der Waals surface area contributed by atoms with E-state index in [1.54, 1.807) is 11.1 Å². The van der Waals surface area contributed by atoms with Gasteiger partial charge in [0.25, 0.3) is 0 Å². The molecular formula is C27H41NO2. The predicted octanol–water partition coefficient (Wildman–Crippen LogP) is 4.76. The van der Waals surface area contributed by atoms with Gasteiger partial charge < -0.3 is 15.5 Å². The second-order valence-electron chi connectivity index (χ2n) is 11.5. The first kappa shape index (κ1) is 21.0. The van der Waals surface area contributed by atoms with Gasteiger partial charge in [-0.05, 0) is 105 Å². The Balaban J connectivity index is 1.39. The molecule has 5 rings (SSSR count). The average molecular weight is 412 g/mol. The number of nitrogens with one attached hydrogen (secondary N) is 1. The highest BCUT2D eigenvalue weighted by Gasteiger charge is 2.53. The molecule has 3 heteroatoms. The van der Waals surface area contributed by atoms with E-state index in [1.807, 2.05) is 0 Å². The monoisotopic (exact) mass is 411 g/mol. The summed E-state index contributed by atoms with van der Waals surface area (Å²) in [4.78, 5) is 0. The van der Waals surface area contributed by atoms with Gasteiger partial charge in [-0.1, -0.05) is 44.1 Å². The molecule has 0 aromatic heterocycles. The summed E-state index contributed by atoms with van der Waals surface area (Å²) in [5.74, 6) is 3.13. The van der Waals surface area contributed by atoms with Gasteiger partial charge in [0.1, 0.15) is 0 Å². The smallest absolute Gasteiger partial charge is 0.0702 e. The molecule has 0 amide bonds. The van der Waals surface area contributed by atoms with Crippen LogP contribution in [0.1, 0.15) is 72.6 Å². The van der Waals surface area contributed by atoms with Crippen molar-refractivity contribution in [1.82, 2.24) is 5.32 Å². The maximum absolute atomic E-state index is 10.7. The Morgan fingerprint density at radius 1 is 1.17 bits per heavy atom. The minimum atomic E-state index is -0.245. The number of aliphatic hydroxyl groups is 2. The Kier molecular flexibility index (Phi) is 5.31. The average Bonchev–Trinajstić information content (AvgIpc) is 3.09. The quantitative estimate of drug-likeness (QED) is 0.574. The van der Waals surface area contributed by atoms with Gasteiger partial charge in [0.15, 0.2) is 0 Å². The lowest BCUT2D eigenvalue weighted by atomic mass is 9.57. The van der Waals surface area contributed by atoms with Crippen molar-refractivity contribution >= 4 is 0 Å². The Morgan fingerprint density at radius 3 is 2.73 bits per heavy atom. The second kappa shape index (κ2) is 7.60. The van der Waals surface area contributed by atoms with Crippen LogP contribution in [0.5, 0.6) is 0 Å². The maximum Gasteiger partial charge on any atom is 0.0702 e. The lowest BCUT2D eigenvalue weighted by Gasteiger charge is -2.48. The number of hydrogen-bond donors (Lipinski definition) is 3. The van der Waals surface area contributed by atoms with Gasteiger partial charge in [0.05, 0.1) is 12.2 Å². The first-order valence-corrected chi connectivity index (χ1v) is 12.5. The molecule has 1 saturated heterocycles. The van der Waals surface area contributed by atoms with Crippen molar-refractivity contribution in [2.45, 2.75) is 90.9 Å². The SMILES string of the molecule is CC1=C2C[C@H]3[C@@H](CC=C4C[C@@H](O)CC[C@@]43C)[C@@H]2CC=C1[C@H](C)[C@@H]1NC[C@@H](C)C[C@H]1O. The number of allylic oxidation sites excluding steroid dienone is 4. The highest BCUT2D eigenvalue weighted by molar-refractivity contribution is 5.44. The van der Waals surface area contributed by atoms with Gasteiger partial charge in [-0.25, -0.2) is 0 Å². The molecule has 1 aliphatic heterocycles. The van der Waals surface area contributed by atoms with Crippen LogP contribution in [0.15, 0.2) is 34.4 Å². The number of hydrogen-bond acceptors (Lipinski definition) is 3. The fourth-order valence-corrected chi connectivity index (χ4v) is 8.03. The van der Waals surface area contributed by atoms with Gasteiger partial charge in [0, 0.05) is 6.04 Å². The van der Waals surface area contributed by atoms with E-state index < -0.39 is 0 Å². The summed E-state index contributed by atoms with van der Waals surface area (Å²) in [5, 5.41) is 24.6. The van der Waals surface area contributed by atoms with Crippen molar-refractivity contribution < 1.29 is 10.2 Å². The number of aliphatic hydroxyl groups excluding tert-OH is 2. The van der Waals surface area contributed by atoms with Gasteiger partial charge in [-0.3, -0.25) is 0 Å². The molecule has 0 aromatic rings. The van der Waals surface area contributed by atoms with E-state index in [0.717, 1.165) is 44.1 Å². The molecule has 1 heterocycles. The van der Waals surface area contributed by atoms with Crippen LogP contribution in [0.3, 0.4) is 0 Å². The van der Waals surface area contributed by atoms with Gasteiger partial charge in [-0.2, -0.15) is 0 Å². The van der Waals surface area contributed by atoms with Crippen LogP contribution in [0.4, 0.5) is 0 Å². The molecule has 0 unspecified atom stereocenters. The van der Waals surface area contributed by atoms with E-state index in [-0.39, 0.29) is 23.7 Å². The Bertz CT molecular complexity index is 795. The summed E-state index contributed by atoms with van der Waals surface area (Å²) in [6.45, 7) is 10.4. The van der Waals surface area contributed by atoms with E-state index in [4.69, 9.17) is 0 Å². The van der Waals surface area contributed by atoms with Crippen LogP contribution in [0.2, 0.25) is 0 Å². The van der Waals surface area contributed by atoms with Crippen molar-refractivity contribution in [2.75, 3.05) is 6.54 Å². The van der Waals surface area contributed by atoms with E-state index in [9.17, 15) is 10.2 Å². The Hall–Kier alpha value is -0.900. The maximum atomic E-state index is 10.7. The van der Waals surface area contributed by atoms with Gasteiger partial charge >= 0.3 is 0 Å². The highest BCUT2D eigenvalue weighted by atomic mass is 16.3. The fourth-order valence-electron chi connectivity index (χ4n) is 8.03. The highest BCUT2D eigenvalue weighted by Crippen LogP contribution is 2.62. The molecule has 166 valence electrons. The van der Waals surface area contributed by atoms with Crippen LogP contribution in [-0.2, 0) is 0 Å². The zero-order chi connectivity index (χ0) is 21.2. The van der Waals surface area contributed by atoms with Crippen molar-refractivity contribution in [2.24, 2.45) is 35.0 Å². The van der Waals surface area contributed by atoms with Crippen LogP contribution < -0.4 is 5.32 Å². The molecule has 4 aliphatic carbocycles. The Labute approximate surface area is 182 Å². The van der Waals surface area contributed by atoms with E-state index in [1.165, 1.54) is 30.4 Å². The summed E-state index contributed by atoms with van der Waals surface area (Å²) in [6.07, 6.45) is 12.2. The molecule has 0 aromatic carbocycles. The van der Waals surface area contributed by atoms with Crippen molar-refractivity contribution in [3.8, 4) is 0 Å². The number of rotatable bonds is 2. The minimum absolute atomic E-state index is 0.128. The zero-order valence-corrected chi connectivity index (χ0v) is 19.3. The number of fused-ring (bicyclic) bond motifs is 5. The largest absolute Gasteiger partial charge is 0.393 e. The molecule has 3 fully saturated rings. The molecule has 0 bridgehead atoms. The molecule has 3 nitrogen and oxygen atoms in total. The molecule has 0 radical (unpaired) electrons. The lowest BCUT2D eigenvalue weighted by molar-refractivity contribution is 0.0561. The zero-order valence-electron chi connectivity index (χ0n) is 19.3. The fraction of sp³-hybridized carbons (Fsp3) is 0.778. The van der Waals surface area contributed by atoms with Gasteiger partial charge in [-0.15, -0.1) is 0 Å². The molecule has 30 heavy (non-hydrogen) atoms. The van der Waals surface area contributed by atoms with E-state index in [0.29, 0.717) is 17.8 Å². The van der Waals surface area contributed by atoms with Gasteiger partial charge in [0.2, 0.25) is 0 Å². The third kappa shape index (κ3) is 3.19. The van der Waals surface area contributed by atoms with Crippen LogP contribution in [-0.4, -0.2) is 35.0 Å². The predicted molar refractivity (Wildman–Crippen MR) is 122 cm³/mol. The summed E-state index contributed by atoms with van der Waals surface area (Å²) in [5.41, 5.74) is 6.57. The minimum Gasteiger partial charge on any atom is -0.393 e. The lowest BCUT2D eigenvalue weighted by Crippen LogP contribution is -2.52. The summed E-state index contributed by atoms with van der Waals surface area (Å²) >= 11 is 0. The van der Waals surface area contributed by atoms with Crippen molar-refractivity contribution in [1.29, 1.82) is 0 Å². The normalized spacial score (nSPS) is 47.1.